The zero-order valence-corrected chi connectivity index (χ0v) is 11.1. The number of carbonyl (C=O) groups is 1. The molecular formula is C14H20N2O3. The largest absolute Gasteiger partial charge is 0.495 e. The molecule has 1 saturated heterocycles. The van der Waals surface area contributed by atoms with Crippen LogP contribution in [0.1, 0.15) is 29.6 Å². The summed E-state index contributed by atoms with van der Waals surface area (Å²) in [5, 5.41) is 2.88. The van der Waals surface area contributed by atoms with Crippen molar-refractivity contribution < 1.29 is 14.3 Å². The van der Waals surface area contributed by atoms with Gasteiger partial charge in [0.25, 0.3) is 5.91 Å². The summed E-state index contributed by atoms with van der Waals surface area (Å²) in [5.74, 6) is 0.383. The number of nitrogens with one attached hydrogen (secondary N) is 1. The first-order valence-corrected chi connectivity index (χ1v) is 6.54. The highest BCUT2D eigenvalue weighted by atomic mass is 16.5. The zero-order chi connectivity index (χ0) is 13.7. The van der Waals surface area contributed by atoms with Crippen LogP contribution in [0.15, 0.2) is 18.2 Å². The maximum atomic E-state index is 12.0. The van der Waals surface area contributed by atoms with Crippen molar-refractivity contribution in [3.63, 3.8) is 0 Å². The van der Waals surface area contributed by atoms with Crippen molar-refractivity contribution in [1.29, 1.82) is 0 Å². The van der Waals surface area contributed by atoms with Gasteiger partial charge in [0, 0.05) is 18.7 Å². The van der Waals surface area contributed by atoms with Crippen LogP contribution in [0.5, 0.6) is 5.75 Å². The first kappa shape index (κ1) is 13.7. The highest BCUT2D eigenvalue weighted by Crippen LogP contribution is 2.22. The third kappa shape index (κ3) is 3.61. The number of ether oxygens (including phenoxy) is 2. The van der Waals surface area contributed by atoms with Gasteiger partial charge in [0.2, 0.25) is 0 Å². The second-order valence-electron chi connectivity index (χ2n) is 4.66. The molecule has 0 saturated carbocycles. The van der Waals surface area contributed by atoms with E-state index in [0.717, 1.165) is 25.9 Å². The molecule has 0 radical (unpaired) electrons. The molecule has 1 aromatic carbocycles. The van der Waals surface area contributed by atoms with Gasteiger partial charge in [-0.3, -0.25) is 4.79 Å². The van der Waals surface area contributed by atoms with Gasteiger partial charge in [-0.05, 0) is 37.5 Å². The number of rotatable bonds is 4. The summed E-state index contributed by atoms with van der Waals surface area (Å²) in [7, 11) is 1.53. The molecule has 1 amide bonds. The predicted octanol–water partition coefficient (Wildman–Crippen LogP) is 1.58. The number of methoxy groups -OCH3 is 1. The summed E-state index contributed by atoms with van der Waals surface area (Å²) in [6.07, 6.45) is 3.41. The van der Waals surface area contributed by atoms with E-state index in [0.29, 0.717) is 23.5 Å². The Morgan fingerprint density at radius 2 is 2.37 bits per heavy atom. The minimum absolute atomic E-state index is 0.132. The molecule has 1 aromatic rings. The van der Waals surface area contributed by atoms with Crippen LogP contribution in [0, 0.1) is 0 Å². The van der Waals surface area contributed by atoms with E-state index in [1.54, 1.807) is 18.2 Å². The van der Waals surface area contributed by atoms with E-state index in [9.17, 15) is 4.79 Å². The molecular weight excluding hydrogens is 244 g/mol. The van der Waals surface area contributed by atoms with Crippen molar-refractivity contribution in [2.75, 3.05) is 26.0 Å². The quantitative estimate of drug-likeness (QED) is 0.810. The van der Waals surface area contributed by atoms with E-state index < -0.39 is 0 Å². The van der Waals surface area contributed by atoms with E-state index in [2.05, 4.69) is 5.32 Å². The fourth-order valence-corrected chi connectivity index (χ4v) is 2.13. The third-order valence-electron chi connectivity index (χ3n) is 3.26. The number of hydrogen-bond donors (Lipinski definition) is 2. The summed E-state index contributed by atoms with van der Waals surface area (Å²) in [6, 6.07) is 5.01. The minimum Gasteiger partial charge on any atom is -0.495 e. The molecule has 104 valence electrons. The van der Waals surface area contributed by atoms with Crippen LogP contribution < -0.4 is 15.8 Å². The topological polar surface area (TPSA) is 73.6 Å². The highest BCUT2D eigenvalue weighted by molar-refractivity contribution is 5.95. The summed E-state index contributed by atoms with van der Waals surface area (Å²) in [6.45, 7) is 1.34. The lowest BCUT2D eigenvalue weighted by molar-refractivity contribution is 0.0169. The summed E-state index contributed by atoms with van der Waals surface area (Å²) in [4.78, 5) is 12.0. The number of carbonyl (C=O) groups excluding carboxylic acids is 1. The first-order valence-electron chi connectivity index (χ1n) is 6.54. The van der Waals surface area contributed by atoms with Gasteiger partial charge in [-0.15, -0.1) is 0 Å². The van der Waals surface area contributed by atoms with Gasteiger partial charge in [0.05, 0.1) is 18.9 Å². The normalized spacial score (nSPS) is 18.9. The molecule has 1 heterocycles. The number of amides is 1. The summed E-state index contributed by atoms with van der Waals surface area (Å²) >= 11 is 0. The SMILES string of the molecule is COc1cc(C(=O)NCC2CCCCO2)ccc1N. The standard InChI is InChI=1S/C14H20N2O3/c1-18-13-8-10(5-6-12(13)15)14(17)16-9-11-4-2-3-7-19-11/h5-6,8,11H,2-4,7,9,15H2,1H3,(H,16,17). The summed E-state index contributed by atoms with van der Waals surface area (Å²) in [5.41, 5.74) is 6.78. The molecule has 5 nitrogen and oxygen atoms in total. The molecule has 0 aromatic heterocycles. The molecule has 0 spiro atoms. The molecule has 2 rings (SSSR count). The van der Waals surface area contributed by atoms with Gasteiger partial charge in [0.1, 0.15) is 5.75 Å². The number of nitrogen functional groups attached to an aromatic ring is 1. The number of hydrogen-bond acceptors (Lipinski definition) is 4. The van der Waals surface area contributed by atoms with Crippen molar-refractivity contribution in [2.45, 2.75) is 25.4 Å². The lowest BCUT2D eigenvalue weighted by Gasteiger charge is -2.22. The van der Waals surface area contributed by atoms with E-state index >= 15 is 0 Å². The van der Waals surface area contributed by atoms with Gasteiger partial charge in [-0.1, -0.05) is 0 Å². The monoisotopic (exact) mass is 264 g/mol. The molecule has 5 heteroatoms. The lowest BCUT2D eigenvalue weighted by Crippen LogP contribution is -2.35. The summed E-state index contributed by atoms with van der Waals surface area (Å²) < 4.78 is 10.7. The van der Waals surface area contributed by atoms with E-state index in [4.69, 9.17) is 15.2 Å². The van der Waals surface area contributed by atoms with Crippen molar-refractivity contribution in [3.05, 3.63) is 23.8 Å². The highest BCUT2D eigenvalue weighted by Gasteiger charge is 2.15. The van der Waals surface area contributed by atoms with Gasteiger partial charge >= 0.3 is 0 Å². The molecule has 19 heavy (non-hydrogen) atoms. The predicted molar refractivity (Wildman–Crippen MR) is 73.3 cm³/mol. The van der Waals surface area contributed by atoms with E-state index in [1.165, 1.54) is 7.11 Å². The van der Waals surface area contributed by atoms with Crippen molar-refractivity contribution >= 4 is 11.6 Å². The minimum atomic E-state index is -0.132. The van der Waals surface area contributed by atoms with Crippen molar-refractivity contribution in [2.24, 2.45) is 0 Å². The molecule has 0 bridgehead atoms. The van der Waals surface area contributed by atoms with Crippen molar-refractivity contribution in [3.8, 4) is 5.75 Å². The number of benzene rings is 1. The van der Waals surface area contributed by atoms with Gasteiger partial charge in [-0.2, -0.15) is 0 Å². The molecule has 1 aliphatic heterocycles. The van der Waals surface area contributed by atoms with Gasteiger partial charge in [0.15, 0.2) is 0 Å². The lowest BCUT2D eigenvalue weighted by atomic mass is 10.1. The fraction of sp³-hybridized carbons (Fsp3) is 0.500. The Morgan fingerprint density at radius 3 is 3.05 bits per heavy atom. The maximum absolute atomic E-state index is 12.0. The smallest absolute Gasteiger partial charge is 0.251 e. The third-order valence-corrected chi connectivity index (χ3v) is 3.26. The van der Waals surface area contributed by atoms with Crippen molar-refractivity contribution in [1.82, 2.24) is 5.32 Å². The number of anilines is 1. The van der Waals surface area contributed by atoms with Crippen LogP contribution in [0.2, 0.25) is 0 Å². The fourth-order valence-electron chi connectivity index (χ4n) is 2.13. The molecule has 1 fully saturated rings. The zero-order valence-electron chi connectivity index (χ0n) is 11.1. The van der Waals surface area contributed by atoms with Crippen LogP contribution in [0.3, 0.4) is 0 Å². The molecule has 0 aliphatic carbocycles. The Morgan fingerprint density at radius 1 is 1.53 bits per heavy atom. The Kier molecular flexibility index (Phi) is 4.63. The Bertz CT molecular complexity index is 442. The second kappa shape index (κ2) is 6.43. The van der Waals surface area contributed by atoms with Gasteiger partial charge in [-0.25, -0.2) is 0 Å². The van der Waals surface area contributed by atoms with Crippen LogP contribution >= 0.6 is 0 Å². The van der Waals surface area contributed by atoms with E-state index in [1.807, 2.05) is 0 Å². The average Bonchev–Trinajstić information content (AvgIpc) is 2.46. The van der Waals surface area contributed by atoms with Gasteiger partial charge < -0.3 is 20.5 Å². The second-order valence-corrected chi connectivity index (χ2v) is 4.66. The molecule has 1 aliphatic rings. The first-order chi connectivity index (χ1) is 9.20. The van der Waals surface area contributed by atoms with E-state index in [-0.39, 0.29) is 12.0 Å². The maximum Gasteiger partial charge on any atom is 0.251 e. The van der Waals surface area contributed by atoms with Crippen LogP contribution in [-0.4, -0.2) is 32.3 Å². The van der Waals surface area contributed by atoms with Crippen LogP contribution in [0.4, 0.5) is 5.69 Å². The Hall–Kier alpha value is -1.75. The Balaban J connectivity index is 1.92. The molecule has 1 unspecified atom stereocenters. The molecule has 1 atom stereocenters. The van der Waals surface area contributed by atoms with Crippen LogP contribution in [0.25, 0.3) is 0 Å². The Labute approximate surface area is 113 Å². The van der Waals surface area contributed by atoms with Crippen LogP contribution in [-0.2, 0) is 4.74 Å². The molecule has 3 N–H and O–H groups in total. The average molecular weight is 264 g/mol. The number of nitrogens with two attached hydrogens (primary N) is 1.